The van der Waals surface area contributed by atoms with E-state index in [9.17, 15) is 27.7 Å². The second-order valence-corrected chi connectivity index (χ2v) is 8.98. The van der Waals surface area contributed by atoms with Crippen LogP contribution in [0.3, 0.4) is 0 Å². The molecule has 0 radical (unpaired) electrons. The van der Waals surface area contributed by atoms with Gasteiger partial charge in [-0.1, -0.05) is 24.3 Å². The summed E-state index contributed by atoms with van der Waals surface area (Å²) >= 11 is 0. The lowest BCUT2D eigenvalue weighted by atomic mass is 10.1. The first-order valence-electron chi connectivity index (χ1n) is 9.69. The van der Waals surface area contributed by atoms with Crippen molar-refractivity contribution in [1.29, 1.82) is 0 Å². The molecule has 9 nitrogen and oxygen atoms in total. The highest BCUT2D eigenvalue weighted by Crippen LogP contribution is 2.17. The molecule has 0 aromatic heterocycles. The van der Waals surface area contributed by atoms with Crippen LogP contribution in [0.2, 0.25) is 0 Å². The van der Waals surface area contributed by atoms with Crippen molar-refractivity contribution in [3.8, 4) is 0 Å². The number of halogens is 1. The molecule has 0 bridgehead atoms. The number of nitrogens with zero attached hydrogens (tertiary/aromatic N) is 3. The van der Waals surface area contributed by atoms with Crippen LogP contribution in [0.1, 0.15) is 12.5 Å². The van der Waals surface area contributed by atoms with E-state index in [1.165, 1.54) is 31.2 Å². The molecule has 166 valence electrons. The van der Waals surface area contributed by atoms with Crippen LogP contribution in [0.5, 0.6) is 0 Å². The molecule has 1 atom stereocenters. The molecule has 1 aliphatic heterocycles. The number of piperazine rings is 1. The second-order valence-electron chi connectivity index (χ2n) is 7.30. The Morgan fingerprint density at radius 3 is 2.48 bits per heavy atom. The molecular formula is C20H23FN4O5S. The number of nitrogens with one attached hydrogen (secondary N) is 1. The molecule has 11 heteroatoms. The fourth-order valence-corrected chi connectivity index (χ4v) is 4.71. The van der Waals surface area contributed by atoms with Gasteiger partial charge in [0, 0.05) is 44.9 Å². The van der Waals surface area contributed by atoms with Gasteiger partial charge in [0.05, 0.1) is 11.0 Å². The summed E-state index contributed by atoms with van der Waals surface area (Å²) in [4.78, 5) is 26.3. The first-order valence-corrected chi connectivity index (χ1v) is 11.2. The lowest BCUT2D eigenvalue weighted by molar-refractivity contribution is -0.384. The van der Waals surface area contributed by atoms with Gasteiger partial charge in [-0.2, -0.15) is 4.72 Å². The molecule has 2 aromatic rings. The summed E-state index contributed by atoms with van der Waals surface area (Å²) in [5, 5.41) is 10.9. The van der Waals surface area contributed by atoms with Gasteiger partial charge in [0.15, 0.2) is 0 Å². The highest BCUT2D eigenvalue weighted by atomic mass is 32.2. The molecule has 1 fully saturated rings. The Morgan fingerprint density at radius 2 is 1.84 bits per heavy atom. The van der Waals surface area contributed by atoms with E-state index in [0.29, 0.717) is 32.7 Å². The van der Waals surface area contributed by atoms with Crippen molar-refractivity contribution in [2.45, 2.75) is 24.4 Å². The molecule has 0 aliphatic carbocycles. The first-order chi connectivity index (χ1) is 14.7. The van der Waals surface area contributed by atoms with Crippen molar-refractivity contribution >= 4 is 21.6 Å². The molecule has 0 unspecified atom stereocenters. The van der Waals surface area contributed by atoms with Gasteiger partial charge >= 0.3 is 0 Å². The standard InChI is InChI=1S/C20H23FN4O5S/c1-15(22-31(29,30)19-8-3-2-7-18(19)21)20(26)24-11-9-23(10-12-24)14-16-5-4-6-17(13-16)25(27)28/h2-8,13,15,22H,9-12,14H2,1H3/t15-/m0/s1. The topological polar surface area (TPSA) is 113 Å². The van der Waals surface area contributed by atoms with Crippen LogP contribution in [0.15, 0.2) is 53.4 Å². The second kappa shape index (κ2) is 9.50. The minimum Gasteiger partial charge on any atom is -0.339 e. The predicted molar refractivity (Wildman–Crippen MR) is 111 cm³/mol. The third kappa shape index (κ3) is 5.63. The van der Waals surface area contributed by atoms with E-state index >= 15 is 0 Å². The van der Waals surface area contributed by atoms with Crippen molar-refractivity contribution in [2.24, 2.45) is 0 Å². The summed E-state index contributed by atoms with van der Waals surface area (Å²) in [7, 11) is -4.17. The van der Waals surface area contributed by atoms with Crippen LogP contribution >= 0.6 is 0 Å². The van der Waals surface area contributed by atoms with Gasteiger partial charge in [0.1, 0.15) is 10.7 Å². The Bertz CT molecular complexity index is 1070. The zero-order valence-corrected chi connectivity index (χ0v) is 17.7. The van der Waals surface area contributed by atoms with E-state index in [-0.39, 0.29) is 5.69 Å². The van der Waals surface area contributed by atoms with Gasteiger partial charge in [0.2, 0.25) is 15.9 Å². The van der Waals surface area contributed by atoms with E-state index in [1.54, 1.807) is 11.0 Å². The van der Waals surface area contributed by atoms with Crippen molar-refractivity contribution in [3.05, 3.63) is 70.0 Å². The van der Waals surface area contributed by atoms with E-state index in [1.807, 2.05) is 6.07 Å². The summed E-state index contributed by atoms with van der Waals surface area (Å²) in [5.74, 6) is -1.28. The average molecular weight is 450 g/mol. The van der Waals surface area contributed by atoms with Gasteiger partial charge in [-0.05, 0) is 24.6 Å². The van der Waals surface area contributed by atoms with Gasteiger partial charge in [-0.3, -0.25) is 19.8 Å². The fourth-order valence-electron chi connectivity index (χ4n) is 3.44. The number of sulfonamides is 1. The number of carbonyl (C=O) groups excluding carboxylic acids is 1. The zero-order valence-electron chi connectivity index (χ0n) is 16.9. The van der Waals surface area contributed by atoms with E-state index < -0.39 is 37.6 Å². The van der Waals surface area contributed by atoms with E-state index in [0.717, 1.165) is 17.7 Å². The van der Waals surface area contributed by atoms with Crippen molar-refractivity contribution in [1.82, 2.24) is 14.5 Å². The lowest BCUT2D eigenvalue weighted by Crippen LogP contribution is -2.53. The van der Waals surface area contributed by atoms with Crippen LogP contribution in [-0.2, 0) is 21.4 Å². The van der Waals surface area contributed by atoms with Crippen LogP contribution in [0.4, 0.5) is 10.1 Å². The Balaban J connectivity index is 1.55. The van der Waals surface area contributed by atoms with Crippen LogP contribution < -0.4 is 4.72 Å². The van der Waals surface area contributed by atoms with Gasteiger partial charge < -0.3 is 4.90 Å². The van der Waals surface area contributed by atoms with Crippen LogP contribution in [0.25, 0.3) is 0 Å². The largest absolute Gasteiger partial charge is 0.339 e. The number of nitro groups is 1. The predicted octanol–water partition coefficient (Wildman–Crippen LogP) is 1.75. The highest BCUT2D eigenvalue weighted by molar-refractivity contribution is 7.89. The number of rotatable bonds is 7. The number of hydrogen-bond acceptors (Lipinski definition) is 6. The first kappa shape index (κ1) is 22.8. The van der Waals surface area contributed by atoms with Crippen LogP contribution in [0, 0.1) is 15.9 Å². The summed E-state index contributed by atoms with van der Waals surface area (Å²) in [6.07, 6.45) is 0. The molecule has 1 aliphatic rings. The SMILES string of the molecule is C[C@H](NS(=O)(=O)c1ccccc1F)C(=O)N1CCN(Cc2cccc([N+](=O)[O-])c2)CC1. The number of hydrogen-bond donors (Lipinski definition) is 1. The van der Waals surface area contributed by atoms with E-state index in [4.69, 9.17) is 0 Å². The lowest BCUT2D eigenvalue weighted by Gasteiger charge is -2.36. The number of non-ortho nitro benzene ring substituents is 1. The number of nitro benzene ring substituents is 1. The minimum atomic E-state index is -4.17. The number of carbonyl (C=O) groups is 1. The molecule has 1 N–H and O–H groups in total. The molecule has 2 aromatic carbocycles. The molecular weight excluding hydrogens is 427 g/mol. The van der Waals surface area contributed by atoms with Crippen molar-refractivity contribution in [2.75, 3.05) is 26.2 Å². The quantitative estimate of drug-likeness (QED) is 0.508. The Labute approximate surface area is 179 Å². The summed E-state index contributed by atoms with van der Waals surface area (Å²) in [6, 6.07) is 10.3. The average Bonchev–Trinajstić information content (AvgIpc) is 2.74. The summed E-state index contributed by atoms with van der Waals surface area (Å²) in [5.41, 5.74) is 0.835. The molecule has 1 amide bonds. The van der Waals surface area contributed by atoms with Crippen molar-refractivity contribution < 1.29 is 22.5 Å². The molecule has 0 spiro atoms. The van der Waals surface area contributed by atoms with Crippen LogP contribution in [-0.4, -0.2) is 61.3 Å². The summed E-state index contributed by atoms with van der Waals surface area (Å²) < 4.78 is 40.9. The number of benzene rings is 2. The minimum absolute atomic E-state index is 0.0299. The molecule has 0 saturated carbocycles. The zero-order chi connectivity index (χ0) is 22.6. The molecule has 3 rings (SSSR count). The van der Waals surface area contributed by atoms with E-state index in [2.05, 4.69) is 9.62 Å². The van der Waals surface area contributed by atoms with Gasteiger partial charge in [-0.25, -0.2) is 12.8 Å². The number of amides is 1. The normalized spacial score (nSPS) is 16.1. The van der Waals surface area contributed by atoms with Crippen molar-refractivity contribution in [3.63, 3.8) is 0 Å². The molecule has 31 heavy (non-hydrogen) atoms. The third-order valence-corrected chi connectivity index (χ3v) is 6.61. The summed E-state index contributed by atoms with van der Waals surface area (Å²) in [6.45, 7) is 3.80. The third-order valence-electron chi connectivity index (χ3n) is 5.04. The monoisotopic (exact) mass is 450 g/mol. The maximum atomic E-state index is 13.8. The Morgan fingerprint density at radius 1 is 1.16 bits per heavy atom. The smallest absolute Gasteiger partial charge is 0.269 e. The van der Waals surface area contributed by atoms with Gasteiger partial charge in [-0.15, -0.1) is 0 Å². The Kier molecular flexibility index (Phi) is 6.98. The maximum Gasteiger partial charge on any atom is 0.269 e. The molecule has 1 heterocycles. The maximum absolute atomic E-state index is 13.8. The highest BCUT2D eigenvalue weighted by Gasteiger charge is 2.29. The van der Waals surface area contributed by atoms with Gasteiger partial charge in [0.25, 0.3) is 5.69 Å². The Hall–Kier alpha value is -2.89. The molecule has 1 saturated heterocycles. The fraction of sp³-hybridized carbons (Fsp3) is 0.350.